The normalized spacial score (nSPS) is 9.94. The van der Waals surface area contributed by atoms with Crippen molar-refractivity contribution in [2.24, 2.45) is 5.73 Å². The smallest absolute Gasteiger partial charge is 0.322 e. The molecule has 0 unspecified atom stereocenters. The van der Waals surface area contributed by atoms with Gasteiger partial charge in [-0.25, -0.2) is 4.98 Å². The molecule has 0 radical (unpaired) electrons. The van der Waals surface area contributed by atoms with Crippen LogP contribution in [0.25, 0.3) is 0 Å². The van der Waals surface area contributed by atoms with Gasteiger partial charge in [-0.05, 0) is 18.2 Å². The van der Waals surface area contributed by atoms with Crippen LogP contribution in [0.4, 0.5) is 0 Å². The number of nitrogen functional groups attached to an aromatic ring is 1. The third kappa shape index (κ3) is 2.70. The van der Waals surface area contributed by atoms with Crippen LogP contribution in [0.2, 0.25) is 5.02 Å². The van der Waals surface area contributed by atoms with Gasteiger partial charge in [-0.2, -0.15) is 4.98 Å². The molecule has 17 heavy (non-hydrogen) atoms. The molecule has 0 bridgehead atoms. The fraction of sp³-hybridized carbons (Fsp3) is 0. The maximum absolute atomic E-state index is 7.26. The van der Waals surface area contributed by atoms with Crippen LogP contribution in [0.5, 0.6) is 11.8 Å². The lowest BCUT2D eigenvalue weighted by Crippen LogP contribution is -2.13. The van der Waals surface area contributed by atoms with Gasteiger partial charge in [-0.3, -0.25) is 5.41 Å². The van der Waals surface area contributed by atoms with E-state index in [0.717, 1.165) is 0 Å². The quantitative estimate of drug-likeness (QED) is 0.644. The largest absolute Gasteiger partial charge is 0.423 e. The Kier molecular flexibility index (Phi) is 3.20. The molecular formula is C11H9ClN4O. The van der Waals surface area contributed by atoms with E-state index in [9.17, 15) is 0 Å². The van der Waals surface area contributed by atoms with E-state index in [2.05, 4.69) is 9.97 Å². The van der Waals surface area contributed by atoms with Crippen LogP contribution in [0.3, 0.4) is 0 Å². The average molecular weight is 249 g/mol. The number of hydrogen-bond acceptors (Lipinski definition) is 4. The summed E-state index contributed by atoms with van der Waals surface area (Å²) in [6, 6.07) is 8.61. The average Bonchev–Trinajstić information content (AvgIpc) is 2.32. The second-order valence-electron chi connectivity index (χ2n) is 3.17. The van der Waals surface area contributed by atoms with E-state index in [4.69, 9.17) is 27.5 Å². The van der Waals surface area contributed by atoms with Gasteiger partial charge in [0.2, 0.25) is 0 Å². The number of aromatic nitrogens is 2. The summed E-state index contributed by atoms with van der Waals surface area (Å²) < 4.78 is 5.39. The molecule has 5 nitrogen and oxygen atoms in total. The number of nitrogens with two attached hydrogens (primary N) is 1. The monoisotopic (exact) mass is 248 g/mol. The molecule has 0 amide bonds. The lowest BCUT2D eigenvalue weighted by Gasteiger charge is -2.05. The standard InChI is InChI=1S/C11H9ClN4O/c12-7-3-1-2-4-9(7)17-11-15-6-5-8(16-11)10(13)14/h1-6H,(H3,13,14). The minimum absolute atomic E-state index is 0.103. The third-order valence-electron chi connectivity index (χ3n) is 1.95. The number of amidine groups is 1. The van der Waals surface area contributed by atoms with Gasteiger partial charge in [0.1, 0.15) is 17.3 Å². The van der Waals surface area contributed by atoms with Crippen molar-refractivity contribution in [3.63, 3.8) is 0 Å². The molecule has 0 spiro atoms. The molecule has 86 valence electrons. The van der Waals surface area contributed by atoms with E-state index >= 15 is 0 Å². The van der Waals surface area contributed by atoms with Crippen LogP contribution in [-0.2, 0) is 0 Å². The van der Waals surface area contributed by atoms with Gasteiger partial charge in [-0.15, -0.1) is 0 Å². The van der Waals surface area contributed by atoms with Crippen molar-refractivity contribution in [3.05, 3.63) is 47.2 Å². The van der Waals surface area contributed by atoms with Crippen LogP contribution in [0.1, 0.15) is 5.69 Å². The first-order chi connectivity index (χ1) is 8.16. The van der Waals surface area contributed by atoms with Gasteiger partial charge >= 0.3 is 6.01 Å². The Balaban J connectivity index is 2.28. The van der Waals surface area contributed by atoms with Gasteiger partial charge in [0.15, 0.2) is 0 Å². The van der Waals surface area contributed by atoms with Crippen LogP contribution in [0, 0.1) is 5.41 Å². The number of rotatable bonds is 3. The lowest BCUT2D eigenvalue weighted by atomic mass is 10.3. The summed E-state index contributed by atoms with van der Waals surface area (Å²) in [5.41, 5.74) is 5.62. The van der Waals surface area contributed by atoms with Crippen LogP contribution in [0.15, 0.2) is 36.5 Å². The summed E-state index contributed by atoms with van der Waals surface area (Å²) in [4.78, 5) is 7.88. The van der Waals surface area contributed by atoms with E-state index in [0.29, 0.717) is 16.5 Å². The highest BCUT2D eigenvalue weighted by Crippen LogP contribution is 2.26. The van der Waals surface area contributed by atoms with E-state index in [1.807, 2.05) is 0 Å². The second kappa shape index (κ2) is 4.80. The third-order valence-corrected chi connectivity index (χ3v) is 2.26. The molecule has 1 aromatic heterocycles. The van der Waals surface area contributed by atoms with Gasteiger partial charge < -0.3 is 10.5 Å². The minimum Gasteiger partial charge on any atom is -0.423 e. The zero-order valence-electron chi connectivity index (χ0n) is 8.72. The highest BCUT2D eigenvalue weighted by atomic mass is 35.5. The van der Waals surface area contributed by atoms with E-state index in [1.54, 1.807) is 24.3 Å². The molecule has 2 rings (SSSR count). The van der Waals surface area contributed by atoms with Crippen molar-refractivity contribution < 1.29 is 4.74 Å². The Morgan fingerprint density at radius 1 is 1.29 bits per heavy atom. The molecule has 0 aliphatic heterocycles. The highest BCUT2D eigenvalue weighted by molar-refractivity contribution is 6.32. The molecule has 1 heterocycles. The molecule has 1 aromatic carbocycles. The molecule has 6 heteroatoms. The number of halogens is 1. The first-order valence-corrected chi connectivity index (χ1v) is 5.14. The molecular weight excluding hydrogens is 240 g/mol. The van der Waals surface area contributed by atoms with Gasteiger partial charge in [0.25, 0.3) is 0 Å². The molecule has 0 aliphatic carbocycles. The fourth-order valence-corrected chi connectivity index (χ4v) is 1.34. The minimum atomic E-state index is -0.142. The lowest BCUT2D eigenvalue weighted by molar-refractivity contribution is 0.441. The van der Waals surface area contributed by atoms with Crippen molar-refractivity contribution >= 4 is 17.4 Å². The number of para-hydroxylation sites is 1. The summed E-state index contributed by atoms with van der Waals surface area (Å²) >= 11 is 5.93. The Morgan fingerprint density at radius 3 is 2.76 bits per heavy atom. The fourth-order valence-electron chi connectivity index (χ4n) is 1.17. The van der Waals surface area contributed by atoms with Crippen molar-refractivity contribution in [2.75, 3.05) is 0 Å². The number of nitrogens with one attached hydrogen (secondary N) is 1. The molecule has 0 atom stereocenters. The zero-order valence-corrected chi connectivity index (χ0v) is 9.48. The van der Waals surface area contributed by atoms with Crippen LogP contribution in [-0.4, -0.2) is 15.8 Å². The molecule has 2 aromatic rings. The van der Waals surface area contributed by atoms with Crippen LogP contribution < -0.4 is 10.5 Å². The Labute approximate surface area is 103 Å². The number of nitrogens with zero attached hydrogens (tertiary/aromatic N) is 2. The van der Waals surface area contributed by atoms with Gasteiger partial charge in [0, 0.05) is 6.20 Å². The van der Waals surface area contributed by atoms with Crippen LogP contribution >= 0.6 is 11.6 Å². The highest BCUT2D eigenvalue weighted by Gasteiger charge is 2.06. The predicted octanol–water partition coefficient (Wildman–Crippen LogP) is 2.21. The summed E-state index contributed by atoms with van der Waals surface area (Å²) in [6.45, 7) is 0. The Morgan fingerprint density at radius 2 is 2.06 bits per heavy atom. The Bertz CT molecular complexity index is 559. The van der Waals surface area contributed by atoms with Gasteiger partial charge in [0.05, 0.1) is 5.02 Å². The van der Waals surface area contributed by atoms with E-state index in [1.165, 1.54) is 12.3 Å². The number of benzene rings is 1. The molecule has 0 saturated carbocycles. The summed E-state index contributed by atoms with van der Waals surface area (Å²) in [5, 5.41) is 7.72. The van der Waals surface area contributed by atoms with Crippen molar-refractivity contribution in [3.8, 4) is 11.8 Å². The van der Waals surface area contributed by atoms with E-state index < -0.39 is 0 Å². The molecule has 0 fully saturated rings. The maximum atomic E-state index is 7.26. The molecule has 0 saturated heterocycles. The summed E-state index contributed by atoms with van der Waals surface area (Å²) in [7, 11) is 0. The molecule has 3 N–H and O–H groups in total. The van der Waals surface area contributed by atoms with Crippen molar-refractivity contribution in [1.29, 1.82) is 5.41 Å². The molecule has 0 aliphatic rings. The topological polar surface area (TPSA) is 84.9 Å². The van der Waals surface area contributed by atoms with Gasteiger partial charge in [-0.1, -0.05) is 23.7 Å². The summed E-state index contributed by atoms with van der Waals surface area (Å²) in [6.07, 6.45) is 1.47. The SMILES string of the molecule is N=C(N)c1ccnc(Oc2ccccc2Cl)n1. The maximum Gasteiger partial charge on any atom is 0.322 e. The Hall–Kier alpha value is -2.14. The first-order valence-electron chi connectivity index (χ1n) is 4.76. The zero-order chi connectivity index (χ0) is 12.3. The van der Waals surface area contributed by atoms with Crippen molar-refractivity contribution in [1.82, 2.24) is 9.97 Å². The number of ether oxygens (including phenoxy) is 1. The van der Waals surface area contributed by atoms with E-state index in [-0.39, 0.29) is 11.8 Å². The first kappa shape index (κ1) is 11.3. The number of hydrogen-bond donors (Lipinski definition) is 2. The second-order valence-corrected chi connectivity index (χ2v) is 3.58. The predicted molar refractivity (Wildman–Crippen MR) is 64.6 cm³/mol. The summed E-state index contributed by atoms with van der Waals surface area (Å²) in [5.74, 6) is 0.311. The van der Waals surface area contributed by atoms with Crippen molar-refractivity contribution in [2.45, 2.75) is 0 Å².